The Bertz CT molecular complexity index is 969. The topological polar surface area (TPSA) is 81.5 Å². The molecule has 4 fully saturated rings. The molecule has 2 aromatic carbocycles. The van der Waals surface area contributed by atoms with Crippen molar-refractivity contribution in [2.75, 3.05) is 12.4 Å². The normalized spacial score (nSPS) is 31.4. The Balaban J connectivity index is 1.43. The lowest BCUT2D eigenvalue weighted by Gasteiger charge is -2.61. The first-order chi connectivity index (χ1) is 14.4. The number of carbonyl (C=O) groups is 1. The number of non-ortho nitro benzene ring substituents is 1. The second-order valence-corrected chi connectivity index (χ2v) is 9.51. The van der Waals surface area contributed by atoms with E-state index in [4.69, 9.17) is 4.74 Å². The maximum Gasteiger partial charge on any atom is 0.269 e. The van der Waals surface area contributed by atoms with Crippen molar-refractivity contribution in [2.24, 2.45) is 17.3 Å². The van der Waals surface area contributed by atoms with Crippen molar-refractivity contribution in [3.63, 3.8) is 0 Å². The first kappa shape index (κ1) is 19.1. The van der Waals surface area contributed by atoms with E-state index in [0.717, 1.165) is 49.1 Å². The lowest BCUT2D eigenvalue weighted by molar-refractivity contribution is -0.384. The lowest BCUT2D eigenvalue weighted by Crippen LogP contribution is -2.57. The first-order valence-corrected chi connectivity index (χ1v) is 10.6. The smallest absolute Gasteiger partial charge is 0.269 e. The van der Waals surface area contributed by atoms with E-state index in [1.54, 1.807) is 19.2 Å². The number of amides is 1. The Labute approximate surface area is 175 Å². The van der Waals surface area contributed by atoms with Gasteiger partial charge in [0.1, 0.15) is 5.75 Å². The third-order valence-electron chi connectivity index (χ3n) is 7.58. The van der Waals surface area contributed by atoms with Gasteiger partial charge >= 0.3 is 0 Å². The summed E-state index contributed by atoms with van der Waals surface area (Å²) in [6, 6.07) is 14.5. The summed E-state index contributed by atoms with van der Waals surface area (Å²) in [5, 5.41) is 14.2. The Morgan fingerprint density at radius 3 is 2.23 bits per heavy atom. The summed E-state index contributed by atoms with van der Waals surface area (Å²) in [5.41, 5.74) is 1.67. The standard InChI is InChI=1S/C24H26N2O4/c1-30-21-8-4-19(5-9-21)25-22(27)24-13-16-10-17(14-24)12-23(11-16,15-24)18-2-6-20(7-3-18)26(28)29/h2-9,16-17H,10-15H2,1H3,(H,25,27)/t16-,17-,23?,24?/m1/s1. The quantitative estimate of drug-likeness (QED) is 0.554. The van der Waals surface area contributed by atoms with E-state index in [-0.39, 0.29) is 27.3 Å². The Hall–Kier alpha value is -2.89. The fraction of sp³-hybridized carbons (Fsp3) is 0.458. The van der Waals surface area contributed by atoms with Gasteiger partial charge in [-0.2, -0.15) is 0 Å². The molecule has 30 heavy (non-hydrogen) atoms. The maximum atomic E-state index is 13.5. The van der Waals surface area contributed by atoms with Crippen molar-refractivity contribution >= 4 is 17.3 Å². The minimum Gasteiger partial charge on any atom is -0.497 e. The van der Waals surface area contributed by atoms with Gasteiger partial charge < -0.3 is 10.1 Å². The second-order valence-electron chi connectivity index (χ2n) is 9.51. The largest absolute Gasteiger partial charge is 0.497 e. The SMILES string of the molecule is COc1ccc(NC(=O)C23C[C@@H]4C[C@@H](C2)CC(c2ccc([N+](=O)[O-])cc2)(C4)C3)cc1. The van der Waals surface area contributed by atoms with Crippen LogP contribution in [-0.2, 0) is 10.2 Å². The van der Waals surface area contributed by atoms with Crippen LogP contribution in [0, 0.1) is 27.4 Å². The molecular weight excluding hydrogens is 380 g/mol. The number of methoxy groups -OCH3 is 1. The van der Waals surface area contributed by atoms with Gasteiger partial charge in [0, 0.05) is 17.8 Å². The third-order valence-corrected chi connectivity index (χ3v) is 7.58. The van der Waals surface area contributed by atoms with Crippen LogP contribution in [0.2, 0.25) is 0 Å². The summed E-state index contributed by atoms with van der Waals surface area (Å²) >= 11 is 0. The number of nitrogens with zero attached hydrogens (tertiary/aromatic N) is 1. The number of rotatable bonds is 5. The summed E-state index contributed by atoms with van der Waals surface area (Å²) in [5.74, 6) is 1.97. The lowest BCUT2D eigenvalue weighted by atomic mass is 9.42. The van der Waals surface area contributed by atoms with Crippen molar-refractivity contribution in [1.29, 1.82) is 0 Å². The van der Waals surface area contributed by atoms with E-state index in [0.29, 0.717) is 11.8 Å². The van der Waals surface area contributed by atoms with E-state index in [2.05, 4.69) is 5.32 Å². The van der Waals surface area contributed by atoms with Crippen LogP contribution >= 0.6 is 0 Å². The summed E-state index contributed by atoms with van der Waals surface area (Å²) in [7, 11) is 1.63. The van der Waals surface area contributed by atoms with Crippen molar-refractivity contribution in [2.45, 2.75) is 43.9 Å². The summed E-state index contributed by atoms with van der Waals surface area (Å²) in [4.78, 5) is 24.2. The van der Waals surface area contributed by atoms with Gasteiger partial charge in [-0.1, -0.05) is 12.1 Å². The summed E-state index contributed by atoms with van der Waals surface area (Å²) in [6.07, 6.45) is 6.08. The van der Waals surface area contributed by atoms with Crippen molar-refractivity contribution in [1.82, 2.24) is 0 Å². The number of ether oxygens (including phenoxy) is 1. The molecule has 1 N–H and O–H groups in total. The molecule has 0 saturated heterocycles. The molecule has 6 nitrogen and oxygen atoms in total. The maximum absolute atomic E-state index is 13.5. The third kappa shape index (κ3) is 3.06. The number of hydrogen-bond acceptors (Lipinski definition) is 4. The highest BCUT2D eigenvalue weighted by Crippen LogP contribution is 2.66. The van der Waals surface area contributed by atoms with E-state index < -0.39 is 0 Å². The number of nitro benzene ring substituents is 1. The van der Waals surface area contributed by atoms with Gasteiger partial charge in [0.2, 0.25) is 5.91 Å². The van der Waals surface area contributed by atoms with Crippen LogP contribution in [0.3, 0.4) is 0 Å². The summed E-state index contributed by atoms with van der Waals surface area (Å²) < 4.78 is 5.21. The fourth-order valence-corrected chi connectivity index (χ4v) is 6.74. The molecule has 156 valence electrons. The number of benzene rings is 2. The van der Waals surface area contributed by atoms with Gasteiger partial charge in [0.05, 0.1) is 17.4 Å². The number of anilines is 1. The van der Waals surface area contributed by atoms with Crippen LogP contribution in [0.15, 0.2) is 48.5 Å². The number of nitrogens with one attached hydrogen (secondary N) is 1. The van der Waals surface area contributed by atoms with Gasteiger partial charge in [-0.05, 0) is 85.6 Å². The van der Waals surface area contributed by atoms with E-state index >= 15 is 0 Å². The molecule has 4 aliphatic rings. The highest BCUT2D eigenvalue weighted by atomic mass is 16.6. The predicted octanol–water partition coefficient (Wildman–Crippen LogP) is 5.08. The highest BCUT2D eigenvalue weighted by Gasteiger charge is 2.60. The predicted molar refractivity (Wildman–Crippen MR) is 114 cm³/mol. The first-order valence-electron chi connectivity index (χ1n) is 10.6. The molecule has 6 rings (SSSR count). The van der Waals surface area contributed by atoms with Crippen LogP contribution in [0.4, 0.5) is 11.4 Å². The van der Waals surface area contributed by atoms with E-state index in [1.807, 2.05) is 36.4 Å². The molecule has 1 amide bonds. The molecule has 0 unspecified atom stereocenters. The molecule has 2 aromatic rings. The Kier molecular flexibility index (Phi) is 4.34. The van der Waals surface area contributed by atoms with Gasteiger partial charge in [-0.25, -0.2) is 0 Å². The number of nitro groups is 1. The molecule has 0 radical (unpaired) electrons. The van der Waals surface area contributed by atoms with Crippen LogP contribution in [0.25, 0.3) is 0 Å². The van der Waals surface area contributed by atoms with Gasteiger partial charge in [-0.3, -0.25) is 14.9 Å². The molecule has 2 atom stereocenters. The van der Waals surface area contributed by atoms with E-state index in [9.17, 15) is 14.9 Å². The van der Waals surface area contributed by atoms with Crippen molar-refractivity contribution < 1.29 is 14.5 Å². The van der Waals surface area contributed by atoms with Gasteiger partial charge in [-0.15, -0.1) is 0 Å². The molecule has 0 aromatic heterocycles. The zero-order valence-electron chi connectivity index (χ0n) is 17.1. The molecule has 4 bridgehead atoms. The molecule has 4 saturated carbocycles. The van der Waals surface area contributed by atoms with Crippen LogP contribution in [-0.4, -0.2) is 17.9 Å². The van der Waals surface area contributed by atoms with Gasteiger partial charge in [0.15, 0.2) is 0 Å². The van der Waals surface area contributed by atoms with Crippen molar-refractivity contribution in [3.8, 4) is 5.75 Å². The Morgan fingerprint density at radius 1 is 1.03 bits per heavy atom. The van der Waals surface area contributed by atoms with Crippen molar-refractivity contribution in [3.05, 3.63) is 64.2 Å². The second kappa shape index (κ2) is 6.83. The minimum absolute atomic E-state index is 0.0452. The minimum atomic E-state index is -0.355. The number of hydrogen-bond donors (Lipinski definition) is 1. The molecule has 6 heteroatoms. The average molecular weight is 406 g/mol. The van der Waals surface area contributed by atoms with E-state index in [1.165, 1.54) is 6.42 Å². The van der Waals surface area contributed by atoms with Gasteiger partial charge in [0.25, 0.3) is 5.69 Å². The highest BCUT2D eigenvalue weighted by molar-refractivity contribution is 5.96. The molecular formula is C24H26N2O4. The van der Waals surface area contributed by atoms with Crippen LogP contribution in [0.1, 0.15) is 44.1 Å². The monoisotopic (exact) mass is 406 g/mol. The number of carbonyl (C=O) groups excluding carboxylic acids is 1. The zero-order chi connectivity index (χ0) is 20.9. The average Bonchev–Trinajstić information content (AvgIpc) is 2.73. The zero-order valence-corrected chi connectivity index (χ0v) is 17.1. The molecule has 0 heterocycles. The molecule has 0 spiro atoms. The van der Waals surface area contributed by atoms with Crippen LogP contribution in [0.5, 0.6) is 5.75 Å². The summed E-state index contributed by atoms with van der Waals surface area (Å²) in [6.45, 7) is 0. The molecule has 4 aliphatic carbocycles. The fourth-order valence-electron chi connectivity index (χ4n) is 6.74. The Morgan fingerprint density at radius 2 is 1.67 bits per heavy atom. The molecule has 0 aliphatic heterocycles. The van der Waals surface area contributed by atoms with Crippen LogP contribution < -0.4 is 10.1 Å².